The van der Waals surface area contributed by atoms with E-state index in [0.717, 1.165) is 0 Å². The summed E-state index contributed by atoms with van der Waals surface area (Å²) in [4.78, 5) is 21.3. The summed E-state index contributed by atoms with van der Waals surface area (Å²) in [6, 6.07) is 7.04. The van der Waals surface area contributed by atoms with Gasteiger partial charge in [-0.3, -0.25) is 4.79 Å². The van der Waals surface area contributed by atoms with Crippen LogP contribution in [0.15, 0.2) is 36.8 Å². The van der Waals surface area contributed by atoms with Gasteiger partial charge in [0.1, 0.15) is 30.1 Å². The molecule has 1 unspecified atom stereocenters. The van der Waals surface area contributed by atoms with Crippen LogP contribution in [0, 0.1) is 0 Å². The first-order chi connectivity index (χ1) is 14.5. The molecule has 0 fully saturated rings. The summed E-state index contributed by atoms with van der Waals surface area (Å²) in [5.74, 6) is 1.55. The SMILES string of the molecule is COCC1COc2cc(C(=O)Nc3cccc(-c4nncn4C(C)C)n3)ncc2O1. The zero-order valence-corrected chi connectivity index (χ0v) is 16.9. The van der Waals surface area contributed by atoms with Gasteiger partial charge in [0.05, 0.1) is 12.8 Å². The lowest BCUT2D eigenvalue weighted by atomic mass is 10.2. The number of hydrogen-bond donors (Lipinski definition) is 1. The van der Waals surface area contributed by atoms with Gasteiger partial charge in [-0.15, -0.1) is 10.2 Å². The standard InChI is InChI=1S/C20H22N6O4/c1-12(2)26-11-22-25-19(26)14-5-4-6-18(23-14)24-20(27)15-7-16-17(8-21-15)30-13(9-28-3)10-29-16/h4-8,11-13H,9-10H2,1-3H3,(H,23,24,27). The van der Waals surface area contributed by atoms with Gasteiger partial charge in [0, 0.05) is 19.2 Å². The van der Waals surface area contributed by atoms with Crippen molar-refractivity contribution in [3.63, 3.8) is 0 Å². The van der Waals surface area contributed by atoms with E-state index in [-0.39, 0.29) is 17.8 Å². The van der Waals surface area contributed by atoms with Crippen LogP contribution in [-0.4, -0.2) is 57.1 Å². The minimum Gasteiger partial charge on any atom is -0.486 e. The third-order valence-electron chi connectivity index (χ3n) is 4.48. The number of hydrogen-bond acceptors (Lipinski definition) is 8. The summed E-state index contributed by atoms with van der Waals surface area (Å²) in [5, 5.41) is 10.9. The molecule has 0 bridgehead atoms. The topological polar surface area (TPSA) is 113 Å². The molecule has 1 N–H and O–H groups in total. The van der Waals surface area contributed by atoms with Crippen molar-refractivity contribution >= 4 is 11.7 Å². The number of pyridine rings is 2. The van der Waals surface area contributed by atoms with Crippen LogP contribution in [-0.2, 0) is 4.74 Å². The van der Waals surface area contributed by atoms with Gasteiger partial charge in [0.25, 0.3) is 5.91 Å². The van der Waals surface area contributed by atoms with E-state index in [1.807, 2.05) is 24.5 Å². The second kappa shape index (κ2) is 8.46. The van der Waals surface area contributed by atoms with Crippen LogP contribution in [0.5, 0.6) is 11.5 Å². The Morgan fingerprint density at radius 1 is 1.37 bits per heavy atom. The Hall–Kier alpha value is -3.53. The average molecular weight is 410 g/mol. The van der Waals surface area contributed by atoms with Crippen LogP contribution >= 0.6 is 0 Å². The fourth-order valence-corrected chi connectivity index (χ4v) is 3.03. The minimum absolute atomic E-state index is 0.181. The van der Waals surface area contributed by atoms with E-state index in [4.69, 9.17) is 14.2 Å². The smallest absolute Gasteiger partial charge is 0.275 e. The van der Waals surface area contributed by atoms with E-state index in [0.29, 0.717) is 42.0 Å². The lowest BCUT2D eigenvalue weighted by Gasteiger charge is -2.25. The number of aromatic nitrogens is 5. The highest BCUT2D eigenvalue weighted by Crippen LogP contribution is 2.31. The Bertz CT molecular complexity index is 1050. The maximum atomic E-state index is 12.7. The summed E-state index contributed by atoms with van der Waals surface area (Å²) in [5.41, 5.74) is 0.804. The molecule has 1 aliphatic heterocycles. The first-order valence-corrected chi connectivity index (χ1v) is 9.52. The van der Waals surface area contributed by atoms with Crippen molar-refractivity contribution in [1.29, 1.82) is 0 Å². The van der Waals surface area contributed by atoms with Gasteiger partial charge in [-0.1, -0.05) is 6.07 Å². The van der Waals surface area contributed by atoms with Crippen LogP contribution in [0.25, 0.3) is 11.5 Å². The molecule has 3 aromatic rings. The minimum atomic E-state index is -0.407. The normalized spacial score (nSPS) is 15.3. The second-order valence-corrected chi connectivity index (χ2v) is 7.04. The Kier molecular flexibility index (Phi) is 5.57. The number of methoxy groups -OCH3 is 1. The van der Waals surface area contributed by atoms with Gasteiger partial charge >= 0.3 is 0 Å². The zero-order valence-electron chi connectivity index (χ0n) is 16.9. The molecule has 0 saturated heterocycles. The molecule has 0 spiro atoms. The molecule has 4 heterocycles. The number of rotatable bonds is 6. The van der Waals surface area contributed by atoms with Crippen molar-refractivity contribution < 1.29 is 19.0 Å². The molecule has 4 rings (SSSR count). The van der Waals surface area contributed by atoms with Gasteiger partial charge in [-0.25, -0.2) is 9.97 Å². The molecule has 0 saturated carbocycles. The molecule has 1 amide bonds. The van der Waals surface area contributed by atoms with E-state index in [1.165, 1.54) is 6.20 Å². The van der Waals surface area contributed by atoms with Crippen molar-refractivity contribution in [2.24, 2.45) is 0 Å². The molecule has 0 aliphatic carbocycles. The number of fused-ring (bicyclic) bond motifs is 1. The van der Waals surface area contributed by atoms with Crippen molar-refractivity contribution in [1.82, 2.24) is 24.7 Å². The van der Waals surface area contributed by atoms with Crippen molar-refractivity contribution in [2.45, 2.75) is 26.0 Å². The quantitative estimate of drug-likeness (QED) is 0.659. The van der Waals surface area contributed by atoms with E-state index in [9.17, 15) is 4.79 Å². The van der Waals surface area contributed by atoms with Crippen molar-refractivity contribution in [2.75, 3.05) is 25.6 Å². The number of carbonyl (C=O) groups excluding carboxylic acids is 1. The van der Waals surface area contributed by atoms with Gasteiger partial charge in [0.2, 0.25) is 0 Å². The van der Waals surface area contributed by atoms with Gasteiger partial charge in [-0.2, -0.15) is 0 Å². The van der Waals surface area contributed by atoms with Gasteiger partial charge in [-0.05, 0) is 26.0 Å². The molecule has 0 radical (unpaired) electrons. The maximum absolute atomic E-state index is 12.7. The fourth-order valence-electron chi connectivity index (χ4n) is 3.03. The number of carbonyl (C=O) groups is 1. The Morgan fingerprint density at radius 2 is 2.23 bits per heavy atom. The van der Waals surface area contributed by atoms with Crippen LogP contribution in [0.1, 0.15) is 30.4 Å². The largest absolute Gasteiger partial charge is 0.486 e. The van der Waals surface area contributed by atoms with E-state index < -0.39 is 5.91 Å². The first kappa shape index (κ1) is 19.8. The average Bonchev–Trinajstić information content (AvgIpc) is 3.24. The highest BCUT2D eigenvalue weighted by molar-refractivity contribution is 6.02. The van der Waals surface area contributed by atoms with Crippen LogP contribution in [0.3, 0.4) is 0 Å². The van der Waals surface area contributed by atoms with E-state index in [2.05, 4.69) is 25.5 Å². The Balaban J connectivity index is 1.50. The van der Waals surface area contributed by atoms with Gasteiger partial charge in [0.15, 0.2) is 23.4 Å². The Morgan fingerprint density at radius 3 is 3.03 bits per heavy atom. The molecule has 1 atom stereocenters. The molecular weight excluding hydrogens is 388 g/mol. The third kappa shape index (κ3) is 4.08. The van der Waals surface area contributed by atoms with E-state index in [1.54, 1.807) is 31.6 Å². The molecule has 10 heteroatoms. The molecule has 1 aliphatic rings. The summed E-state index contributed by atoms with van der Waals surface area (Å²) >= 11 is 0. The van der Waals surface area contributed by atoms with Crippen LogP contribution in [0.4, 0.5) is 5.82 Å². The summed E-state index contributed by atoms with van der Waals surface area (Å²) in [6.07, 6.45) is 2.92. The molecule has 30 heavy (non-hydrogen) atoms. The zero-order chi connectivity index (χ0) is 21.1. The van der Waals surface area contributed by atoms with E-state index >= 15 is 0 Å². The predicted molar refractivity (Wildman–Crippen MR) is 108 cm³/mol. The maximum Gasteiger partial charge on any atom is 0.275 e. The molecular formula is C20H22N6O4. The highest BCUT2D eigenvalue weighted by Gasteiger charge is 2.23. The number of nitrogens with one attached hydrogen (secondary N) is 1. The van der Waals surface area contributed by atoms with Crippen LogP contribution in [0.2, 0.25) is 0 Å². The predicted octanol–water partition coefficient (Wildman–Crippen LogP) is 2.35. The second-order valence-electron chi connectivity index (χ2n) is 7.04. The van der Waals surface area contributed by atoms with Crippen molar-refractivity contribution in [3.8, 4) is 23.0 Å². The number of amides is 1. The number of nitrogens with zero attached hydrogens (tertiary/aromatic N) is 5. The molecule has 0 aromatic carbocycles. The molecule has 3 aromatic heterocycles. The monoisotopic (exact) mass is 410 g/mol. The molecule has 156 valence electrons. The first-order valence-electron chi connectivity index (χ1n) is 9.52. The van der Waals surface area contributed by atoms with Crippen LogP contribution < -0.4 is 14.8 Å². The summed E-state index contributed by atoms with van der Waals surface area (Å²) in [6.45, 7) is 4.81. The number of anilines is 1. The fraction of sp³-hybridized carbons (Fsp3) is 0.350. The lowest BCUT2D eigenvalue weighted by molar-refractivity contribution is 0.0267. The third-order valence-corrected chi connectivity index (χ3v) is 4.48. The lowest BCUT2D eigenvalue weighted by Crippen LogP contribution is -2.33. The summed E-state index contributed by atoms with van der Waals surface area (Å²) in [7, 11) is 1.60. The summed E-state index contributed by atoms with van der Waals surface area (Å²) < 4.78 is 18.4. The number of ether oxygens (including phenoxy) is 3. The molecule has 10 nitrogen and oxygen atoms in total. The Labute approximate surface area is 173 Å². The highest BCUT2D eigenvalue weighted by atomic mass is 16.6. The van der Waals surface area contributed by atoms with Gasteiger partial charge < -0.3 is 24.1 Å². The van der Waals surface area contributed by atoms with Crippen molar-refractivity contribution in [3.05, 3.63) is 42.5 Å².